The molecule has 1 aliphatic carbocycles. The monoisotopic (exact) mass is 371 g/mol. The van der Waals surface area contributed by atoms with Crippen LogP contribution in [0, 0.1) is 5.41 Å². The Hall–Kier alpha value is -3.47. The van der Waals surface area contributed by atoms with Gasteiger partial charge in [-0.2, -0.15) is 0 Å². The molecule has 0 aliphatic heterocycles. The fourth-order valence-corrected chi connectivity index (χ4v) is 3.52. The smallest absolute Gasteiger partial charge is 0.163 e. The van der Waals surface area contributed by atoms with E-state index in [-0.39, 0.29) is 5.78 Å². The second-order valence-corrected chi connectivity index (χ2v) is 6.77. The Morgan fingerprint density at radius 1 is 1.07 bits per heavy atom. The molecule has 2 aromatic carbocycles. The lowest BCUT2D eigenvalue weighted by atomic mass is 9.89. The molecule has 5 nitrogen and oxygen atoms in total. The van der Waals surface area contributed by atoms with Gasteiger partial charge in [0.25, 0.3) is 0 Å². The maximum atomic E-state index is 12.0. The standard InChI is InChI=1S/C23H21N3O2/c1-25-21-12-18(7-5-17(21)14-24)28-19-9-10-26-22(13-19)16-6-8-20-15(11-16)3-2-4-23(20)27/h5-14,24-25H,2-4H2,1H3. The molecule has 28 heavy (non-hydrogen) atoms. The number of pyridine rings is 1. The van der Waals surface area contributed by atoms with Gasteiger partial charge in [0.05, 0.1) is 5.69 Å². The molecular weight excluding hydrogens is 350 g/mol. The molecule has 0 atom stereocenters. The molecular formula is C23H21N3O2. The van der Waals surface area contributed by atoms with Crippen molar-refractivity contribution in [2.75, 3.05) is 12.4 Å². The van der Waals surface area contributed by atoms with E-state index in [9.17, 15) is 4.79 Å². The summed E-state index contributed by atoms with van der Waals surface area (Å²) in [6.07, 6.45) is 5.50. The number of anilines is 1. The number of benzene rings is 2. The summed E-state index contributed by atoms with van der Waals surface area (Å²) in [6.45, 7) is 0. The number of aryl methyl sites for hydroxylation is 1. The van der Waals surface area contributed by atoms with Gasteiger partial charge in [0.2, 0.25) is 0 Å². The summed E-state index contributed by atoms with van der Waals surface area (Å²) in [7, 11) is 1.82. The highest BCUT2D eigenvalue weighted by Gasteiger charge is 2.17. The highest BCUT2D eigenvalue weighted by molar-refractivity contribution is 5.99. The number of Topliss-reactive ketones (excluding diaryl/α,β-unsaturated/α-hetero) is 1. The molecule has 0 radical (unpaired) electrons. The maximum absolute atomic E-state index is 12.0. The number of carbonyl (C=O) groups excluding carboxylic acids is 1. The Balaban J connectivity index is 1.62. The third kappa shape index (κ3) is 3.51. The van der Waals surface area contributed by atoms with E-state index in [0.717, 1.165) is 46.5 Å². The molecule has 5 heteroatoms. The first-order chi connectivity index (χ1) is 13.7. The van der Waals surface area contributed by atoms with Crippen LogP contribution < -0.4 is 10.1 Å². The molecule has 0 bridgehead atoms. The van der Waals surface area contributed by atoms with Gasteiger partial charge in [-0.15, -0.1) is 0 Å². The van der Waals surface area contributed by atoms with Gasteiger partial charge in [0.1, 0.15) is 11.5 Å². The van der Waals surface area contributed by atoms with Crippen molar-refractivity contribution in [3.05, 3.63) is 71.4 Å². The van der Waals surface area contributed by atoms with Crippen LogP contribution in [0.3, 0.4) is 0 Å². The Bertz CT molecular complexity index is 1060. The van der Waals surface area contributed by atoms with Gasteiger partial charge in [0.15, 0.2) is 5.78 Å². The van der Waals surface area contributed by atoms with Crippen molar-refractivity contribution in [2.24, 2.45) is 0 Å². The lowest BCUT2D eigenvalue weighted by Crippen LogP contribution is -2.10. The van der Waals surface area contributed by atoms with Gasteiger partial charge in [-0.3, -0.25) is 9.78 Å². The zero-order chi connectivity index (χ0) is 19.5. The Labute approximate surface area is 163 Å². The van der Waals surface area contributed by atoms with Gasteiger partial charge in [0, 0.05) is 60.4 Å². The highest BCUT2D eigenvalue weighted by atomic mass is 16.5. The number of hydrogen-bond donors (Lipinski definition) is 2. The number of ketones is 1. The summed E-state index contributed by atoms with van der Waals surface area (Å²) in [5, 5.41) is 10.5. The van der Waals surface area contributed by atoms with Crippen molar-refractivity contribution < 1.29 is 9.53 Å². The predicted molar refractivity (Wildman–Crippen MR) is 111 cm³/mol. The summed E-state index contributed by atoms with van der Waals surface area (Å²) < 4.78 is 6.00. The van der Waals surface area contributed by atoms with E-state index < -0.39 is 0 Å². The molecule has 1 aromatic heterocycles. The first kappa shape index (κ1) is 17.9. The Morgan fingerprint density at radius 3 is 2.75 bits per heavy atom. The van der Waals surface area contributed by atoms with Crippen LogP contribution in [0.2, 0.25) is 0 Å². The summed E-state index contributed by atoms with van der Waals surface area (Å²) in [6, 6.07) is 15.2. The minimum absolute atomic E-state index is 0.228. The number of nitrogens with one attached hydrogen (secondary N) is 2. The van der Waals surface area contributed by atoms with Crippen molar-refractivity contribution in [1.29, 1.82) is 5.41 Å². The third-order valence-electron chi connectivity index (χ3n) is 4.97. The zero-order valence-electron chi connectivity index (χ0n) is 15.7. The fraction of sp³-hybridized carbons (Fsp3) is 0.174. The van der Waals surface area contributed by atoms with Crippen LogP contribution in [0.4, 0.5) is 5.69 Å². The Kier molecular flexibility index (Phi) is 4.89. The quantitative estimate of drug-likeness (QED) is 0.612. The first-order valence-corrected chi connectivity index (χ1v) is 9.30. The second kappa shape index (κ2) is 7.64. The number of hydrogen-bond acceptors (Lipinski definition) is 5. The van der Waals surface area contributed by atoms with Gasteiger partial charge < -0.3 is 15.5 Å². The van der Waals surface area contributed by atoms with Crippen molar-refractivity contribution in [1.82, 2.24) is 4.98 Å². The average molecular weight is 371 g/mol. The lowest BCUT2D eigenvalue weighted by Gasteiger charge is -2.16. The number of ether oxygens (including phenoxy) is 1. The number of aromatic nitrogens is 1. The minimum atomic E-state index is 0.228. The van der Waals surface area contributed by atoms with E-state index in [1.54, 1.807) is 6.20 Å². The van der Waals surface area contributed by atoms with Crippen LogP contribution in [-0.2, 0) is 6.42 Å². The third-order valence-corrected chi connectivity index (χ3v) is 4.97. The van der Waals surface area contributed by atoms with Crippen molar-refractivity contribution >= 4 is 17.7 Å². The molecule has 4 rings (SSSR count). The molecule has 2 N–H and O–H groups in total. The lowest BCUT2D eigenvalue weighted by molar-refractivity contribution is 0.0972. The Morgan fingerprint density at radius 2 is 1.93 bits per heavy atom. The second-order valence-electron chi connectivity index (χ2n) is 6.77. The van der Waals surface area contributed by atoms with E-state index in [0.29, 0.717) is 17.9 Å². The van der Waals surface area contributed by atoms with Gasteiger partial charge in [-0.1, -0.05) is 12.1 Å². The number of nitrogens with zero attached hydrogens (tertiary/aromatic N) is 1. The van der Waals surface area contributed by atoms with Crippen molar-refractivity contribution in [2.45, 2.75) is 19.3 Å². The van der Waals surface area contributed by atoms with E-state index in [1.807, 2.05) is 49.5 Å². The van der Waals surface area contributed by atoms with Crippen LogP contribution in [-0.4, -0.2) is 24.0 Å². The summed E-state index contributed by atoms with van der Waals surface area (Å²) in [5.41, 5.74) is 5.36. The van der Waals surface area contributed by atoms with E-state index in [4.69, 9.17) is 10.1 Å². The summed E-state index contributed by atoms with van der Waals surface area (Å²) >= 11 is 0. The molecule has 1 heterocycles. The molecule has 1 aliphatic rings. The van der Waals surface area contributed by atoms with E-state index >= 15 is 0 Å². The van der Waals surface area contributed by atoms with Crippen molar-refractivity contribution in [3.63, 3.8) is 0 Å². The topological polar surface area (TPSA) is 75.1 Å². The molecule has 0 fully saturated rings. The van der Waals surface area contributed by atoms with Crippen LogP contribution in [0.15, 0.2) is 54.7 Å². The maximum Gasteiger partial charge on any atom is 0.163 e. The van der Waals surface area contributed by atoms with Crippen LogP contribution in [0.25, 0.3) is 11.3 Å². The zero-order valence-corrected chi connectivity index (χ0v) is 15.7. The first-order valence-electron chi connectivity index (χ1n) is 9.30. The molecule has 0 saturated carbocycles. The number of carbonyl (C=O) groups is 1. The number of fused-ring (bicyclic) bond motifs is 1. The molecule has 0 unspecified atom stereocenters. The molecule has 140 valence electrons. The molecule has 0 saturated heterocycles. The number of rotatable bonds is 5. The van der Waals surface area contributed by atoms with Gasteiger partial charge in [-0.25, -0.2) is 0 Å². The SMILES string of the molecule is CNc1cc(Oc2ccnc(-c3ccc4c(c3)CCCC4=O)c2)ccc1C=N. The van der Waals surface area contributed by atoms with Crippen molar-refractivity contribution in [3.8, 4) is 22.8 Å². The minimum Gasteiger partial charge on any atom is -0.457 e. The van der Waals surface area contributed by atoms with Crippen LogP contribution in [0.5, 0.6) is 11.5 Å². The van der Waals surface area contributed by atoms with Crippen LogP contribution >= 0.6 is 0 Å². The summed E-state index contributed by atoms with van der Waals surface area (Å²) in [5.74, 6) is 1.60. The fourth-order valence-electron chi connectivity index (χ4n) is 3.52. The van der Waals surface area contributed by atoms with Gasteiger partial charge in [-0.05, 0) is 42.7 Å². The average Bonchev–Trinajstić information content (AvgIpc) is 2.74. The van der Waals surface area contributed by atoms with Gasteiger partial charge >= 0.3 is 0 Å². The van der Waals surface area contributed by atoms with E-state index in [2.05, 4.69) is 16.4 Å². The molecule has 3 aromatic rings. The summed E-state index contributed by atoms with van der Waals surface area (Å²) in [4.78, 5) is 16.5. The van der Waals surface area contributed by atoms with E-state index in [1.165, 1.54) is 6.21 Å². The normalized spacial score (nSPS) is 13.0. The largest absolute Gasteiger partial charge is 0.457 e. The molecule has 0 amide bonds. The molecule has 0 spiro atoms. The van der Waals surface area contributed by atoms with Crippen LogP contribution in [0.1, 0.15) is 34.3 Å². The predicted octanol–water partition coefficient (Wildman–Crippen LogP) is 5.10. The highest BCUT2D eigenvalue weighted by Crippen LogP contribution is 2.30.